The second-order valence-electron chi connectivity index (χ2n) is 7.06. The molecule has 7 nitrogen and oxygen atoms in total. The molecule has 0 spiro atoms. The molecule has 3 amide bonds. The summed E-state index contributed by atoms with van der Waals surface area (Å²) in [5.41, 5.74) is 0. The highest BCUT2D eigenvalue weighted by atomic mass is 16.4. The minimum absolute atomic E-state index is 0.00848. The molecule has 24 heavy (non-hydrogen) atoms. The quantitative estimate of drug-likeness (QED) is 0.640. The van der Waals surface area contributed by atoms with Gasteiger partial charge in [0.2, 0.25) is 5.91 Å². The Morgan fingerprint density at radius 1 is 1.12 bits per heavy atom. The van der Waals surface area contributed by atoms with Gasteiger partial charge < -0.3 is 20.6 Å². The molecule has 1 aliphatic carbocycles. The molecule has 0 unspecified atom stereocenters. The Balaban J connectivity index is 1.59. The minimum Gasteiger partial charge on any atom is -0.481 e. The topological polar surface area (TPSA) is 98.7 Å². The highest BCUT2D eigenvalue weighted by Gasteiger charge is 2.36. The molecule has 2 atom stereocenters. The molecule has 7 heteroatoms. The fourth-order valence-corrected chi connectivity index (χ4v) is 3.57. The molecule has 2 rings (SSSR count). The molecule has 3 N–H and O–H groups in total. The summed E-state index contributed by atoms with van der Waals surface area (Å²) in [6.07, 6.45) is 6.59. The molecule has 1 saturated heterocycles. The lowest BCUT2D eigenvalue weighted by Gasteiger charge is -2.22. The van der Waals surface area contributed by atoms with Gasteiger partial charge in [-0.25, -0.2) is 4.79 Å². The van der Waals surface area contributed by atoms with E-state index in [0.717, 1.165) is 12.8 Å². The summed E-state index contributed by atoms with van der Waals surface area (Å²) in [6.45, 7) is 3.12. The van der Waals surface area contributed by atoms with Crippen molar-refractivity contribution in [1.29, 1.82) is 0 Å². The van der Waals surface area contributed by atoms with E-state index in [4.69, 9.17) is 5.11 Å². The predicted octanol–water partition coefficient (Wildman–Crippen LogP) is 1.58. The number of amides is 3. The maximum Gasteiger partial charge on any atom is 0.315 e. The zero-order valence-electron chi connectivity index (χ0n) is 14.4. The Hall–Kier alpha value is -1.79. The van der Waals surface area contributed by atoms with Crippen molar-refractivity contribution in [3.05, 3.63) is 0 Å². The number of urea groups is 1. The number of hydrogen-bond donors (Lipinski definition) is 3. The molecule has 0 aromatic heterocycles. The van der Waals surface area contributed by atoms with Gasteiger partial charge in [0.05, 0.1) is 5.92 Å². The molecule has 2 aliphatic rings. The average molecular weight is 339 g/mol. The number of hydrogen-bond acceptors (Lipinski definition) is 3. The first-order valence-electron chi connectivity index (χ1n) is 9.02. The summed E-state index contributed by atoms with van der Waals surface area (Å²) in [6, 6.07) is 0.120. The monoisotopic (exact) mass is 339 g/mol. The zero-order valence-corrected chi connectivity index (χ0v) is 14.4. The van der Waals surface area contributed by atoms with Crippen molar-refractivity contribution in [3.63, 3.8) is 0 Å². The van der Waals surface area contributed by atoms with Gasteiger partial charge in [0.25, 0.3) is 0 Å². The summed E-state index contributed by atoms with van der Waals surface area (Å²) in [4.78, 5) is 36.6. The third kappa shape index (κ3) is 5.39. The third-order valence-corrected chi connectivity index (χ3v) is 5.08. The predicted molar refractivity (Wildman–Crippen MR) is 89.5 cm³/mol. The molecule has 0 aromatic rings. The van der Waals surface area contributed by atoms with Crippen LogP contribution >= 0.6 is 0 Å². The van der Waals surface area contributed by atoms with Crippen LogP contribution < -0.4 is 10.6 Å². The second kappa shape index (κ2) is 8.89. The second-order valence-corrected chi connectivity index (χ2v) is 7.06. The van der Waals surface area contributed by atoms with Crippen LogP contribution in [0.25, 0.3) is 0 Å². The lowest BCUT2D eigenvalue weighted by atomic mass is 9.96. The van der Waals surface area contributed by atoms with Crippen LogP contribution in [0.4, 0.5) is 4.79 Å². The summed E-state index contributed by atoms with van der Waals surface area (Å²) in [5, 5.41) is 14.9. The molecule has 1 heterocycles. The van der Waals surface area contributed by atoms with Crippen LogP contribution in [0.3, 0.4) is 0 Å². The van der Waals surface area contributed by atoms with Gasteiger partial charge in [0.15, 0.2) is 0 Å². The van der Waals surface area contributed by atoms with Gasteiger partial charge in [-0.15, -0.1) is 0 Å². The average Bonchev–Trinajstić information content (AvgIpc) is 2.94. The lowest BCUT2D eigenvalue weighted by molar-refractivity contribution is -0.142. The number of carbonyl (C=O) groups excluding carboxylic acids is 2. The fourth-order valence-electron chi connectivity index (χ4n) is 3.57. The SMILES string of the molecule is C[C@@H]1CN(C(=O)CCCNC(=O)NC2CCCCC2)C[C@H]1C(=O)O. The van der Waals surface area contributed by atoms with Crippen molar-refractivity contribution in [3.8, 4) is 0 Å². The van der Waals surface area contributed by atoms with E-state index in [1.807, 2.05) is 6.92 Å². The Morgan fingerprint density at radius 3 is 2.46 bits per heavy atom. The largest absolute Gasteiger partial charge is 0.481 e. The van der Waals surface area contributed by atoms with Crippen LogP contribution in [0.5, 0.6) is 0 Å². The van der Waals surface area contributed by atoms with E-state index in [0.29, 0.717) is 32.5 Å². The third-order valence-electron chi connectivity index (χ3n) is 5.08. The van der Waals surface area contributed by atoms with Crippen molar-refractivity contribution in [2.75, 3.05) is 19.6 Å². The Bertz CT molecular complexity index is 463. The molecule has 0 aromatic carbocycles. The maximum atomic E-state index is 12.1. The number of nitrogens with zero attached hydrogens (tertiary/aromatic N) is 1. The number of nitrogens with one attached hydrogen (secondary N) is 2. The van der Waals surface area contributed by atoms with E-state index < -0.39 is 11.9 Å². The van der Waals surface area contributed by atoms with Crippen LogP contribution in [-0.4, -0.2) is 53.6 Å². The van der Waals surface area contributed by atoms with Gasteiger partial charge in [-0.3, -0.25) is 9.59 Å². The van der Waals surface area contributed by atoms with Crippen molar-refractivity contribution in [1.82, 2.24) is 15.5 Å². The van der Waals surface area contributed by atoms with Crippen LogP contribution in [0, 0.1) is 11.8 Å². The van der Waals surface area contributed by atoms with Gasteiger partial charge in [-0.1, -0.05) is 26.2 Å². The standard InChI is InChI=1S/C17H29N3O4/c1-12-10-20(11-14(12)16(22)23)15(21)8-5-9-18-17(24)19-13-6-3-2-4-7-13/h12-14H,2-11H2,1H3,(H,22,23)(H2,18,19,24)/t12-,14-/m1/s1. The highest BCUT2D eigenvalue weighted by molar-refractivity contribution is 5.79. The normalized spacial score (nSPS) is 24.6. The number of aliphatic carboxylic acids is 1. The van der Waals surface area contributed by atoms with Crippen molar-refractivity contribution >= 4 is 17.9 Å². The molecular formula is C17H29N3O4. The summed E-state index contributed by atoms with van der Waals surface area (Å²) in [7, 11) is 0. The van der Waals surface area contributed by atoms with E-state index in [9.17, 15) is 14.4 Å². The van der Waals surface area contributed by atoms with Crippen LogP contribution in [0.15, 0.2) is 0 Å². The number of likely N-dealkylation sites (tertiary alicyclic amines) is 1. The van der Waals surface area contributed by atoms with E-state index >= 15 is 0 Å². The molecule has 1 aliphatic heterocycles. The fraction of sp³-hybridized carbons (Fsp3) is 0.824. The summed E-state index contributed by atoms with van der Waals surface area (Å²) >= 11 is 0. The molecule has 2 fully saturated rings. The molecule has 0 radical (unpaired) electrons. The zero-order chi connectivity index (χ0) is 17.5. The van der Waals surface area contributed by atoms with Gasteiger partial charge in [-0.05, 0) is 25.2 Å². The molecular weight excluding hydrogens is 310 g/mol. The van der Waals surface area contributed by atoms with Crippen LogP contribution in [0.2, 0.25) is 0 Å². The van der Waals surface area contributed by atoms with Gasteiger partial charge >= 0.3 is 12.0 Å². The van der Waals surface area contributed by atoms with Gasteiger partial charge in [0.1, 0.15) is 0 Å². The molecule has 136 valence electrons. The van der Waals surface area contributed by atoms with Crippen molar-refractivity contribution < 1.29 is 19.5 Å². The van der Waals surface area contributed by atoms with E-state index in [2.05, 4.69) is 10.6 Å². The Kier molecular flexibility index (Phi) is 6.87. The number of carboxylic acids is 1. The number of carbonyl (C=O) groups is 3. The van der Waals surface area contributed by atoms with Gasteiger partial charge in [0, 0.05) is 32.1 Å². The number of rotatable bonds is 6. The molecule has 0 bridgehead atoms. The van der Waals surface area contributed by atoms with E-state index in [1.165, 1.54) is 19.3 Å². The minimum atomic E-state index is -0.834. The van der Waals surface area contributed by atoms with E-state index in [-0.39, 0.29) is 23.9 Å². The van der Waals surface area contributed by atoms with Gasteiger partial charge in [-0.2, -0.15) is 0 Å². The van der Waals surface area contributed by atoms with E-state index in [1.54, 1.807) is 4.90 Å². The molecule has 1 saturated carbocycles. The summed E-state index contributed by atoms with van der Waals surface area (Å²) < 4.78 is 0. The maximum absolute atomic E-state index is 12.1. The van der Waals surface area contributed by atoms with Crippen molar-refractivity contribution in [2.24, 2.45) is 11.8 Å². The first kappa shape index (κ1) is 18.5. The smallest absolute Gasteiger partial charge is 0.315 e. The van der Waals surface area contributed by atoms with Crippen molar-refractivity contribution in [2.45, 2.75) is 57.9 Å². The Morgan fingerprint density at radius 2 is 1.83 bits per heavy atom. The van der Waals surface area contributed by atoms with Crippen LogP contribution in [-0.2, 0) is 9.59 Å². The Labute approximate surface area is 143 Å². The number of carboxylic acid groups (broad SMARTS) is 1. The lowest BCUT2D eigenvalue weighted by Crippen LogP contribution is -2.43. The highest BCUT2D eigenvalue weighted by Crippen LogP contribution is 2.23. The van der Waals surface area contributed by atoms with Crippen LogP contribution in [0.1, 0.15) is 51.9 Å². The summed E-state index contributed by atoms with van der Waals surface area (Å²) in [5.74, 6) is -1.34. The first-order chi connectivity index (χ1) is 11.5. The first-order valence-corrected chi connectivity index (χ1v) is 9.02.